The van der Waals surface area contributed by atoms with Gasteiger partial charge in [-0.3, -0.25) is 9.97 Å². The van der Waals surface area contributed by atoms with Crippen LogP contribution in [0.25, 0.3) is 49.2 Å². The summed E-state index contributed by atoms with van der Waals surface area (Å²) in [5.41, 5.74) is 7.73. The normalized spacial score (nSPS) is 17.6. The molecule has 0 atom stereocenters. The Balaban J connectivity index is 0.000000146. The molecule has 2 aromatic carbocycles. The second-order valence-electron chi connectivity index (χ2n) is 19.4. The van der Waals surface area contributed by atoms with Gasteiger partial charge in [0, 0.05) is 94.6 Å². The van der Waals surface area contributed by atoms with Crippen molar-refractivity contribution in [3.8, 4) is 0 Å². The largest absolute Gasteiger partial charge is 0.494 e. The Bertz CT molecular complexity index is 2650. The van der Waals surface area contributed by atoms with Gasteiger partial charge in [0.1, 0.15) is 11.2 Å². The zero-order valence-corrected chi connectivity index (χ0v) is 38.1. The van der Waals surface area contributed by atoms with Gasteiger partial charge in [0.2, 0.25) is 0 Å². The summed E-state index contributed by atoms with van der Waals surface area (Å²) < 4.78 is 23.0. The van der Waals surface area contributed by atoms with Crippen LogP contribution in [-0.4, -0.2) is 97.6 Å². The number of fused-ring (bicyclic) bond motifs is 6. The molecular formula is C49H61BN6O6. The summed E-state index contributed by atoms with van der Waals surface area (Å²) in [7, 11) is -0.334. The van der Waals surface area contributed by atoms with Gasteiger partial charge in [0.15, 0.2) is 0 Å². The third kappa shape index (κ3) is 10.2. The first-order chi connectivity index (χ1) is 29.2. The fraction of sp³-hybridized carbons (Fsp3) is 0.429. The number of pyridine rings is 2. The molecule has 1 fully saturated rings. The van der Waals surface area contributed by atoms with Crippen LogP contribution >= 0.6 is 0 Å². The van der Waals surface area contributed by atoms with Gasteiger partial charge in [-0.1, -0.05) is 42.0 Å². The number of rotatable bonds is 2. The lowest BCUT2D eigenvalue weighted by molar-refractivity contribution is 0.00578. The molecule has 0 radical (unpaired) electrons. The summed E-state index contributed by atoms with van der Waals surface area (Å²) in [5.74, 6) is 0. The molecule has 2 N–H and O–H groups in total. The number of nitrogens with zero attached hydrogens (tertiary/aromatic N) is 4. The molecule has 7 heterocycles. The Morgan fingerprint density at radius 2 is 1.16 bits per heavy atom. The van der Waals surface area contributed by atoms with E-state index in [1.807, 2.05) is 66.1 Å². The van der Waals surface area contributed by atoms with Gasteiger partial charge in [0.25, 0.3) is 0 Å². The van der Waals surface area contributed by atoms with E-state index in [2.05, 4.69) is 103 Å². The van der Waals surface area contributed by atoms with Crippen LogP contribution in [0, 0.1) is 0 Å². The molecule has 62 heavy (non-hydrogen) atoms. The Labute approximate surface area is 365 Å². The lowest BCUT2D eigenvalue weighted by atomic mass is 9.79. The second-order valence-corrected chi connectivity index (χ2v) is 19.4. The van der Waals surface area contributed by atoms with Crippen LogP contribution in [0.15, 0.2) is 91.0 Å². The summed E-state index contributed by atoms with van der Waals surface area (Å²) >= 11 is 0. The van der Waals surface area contributed by atoms with E-state index in [-0.39, 0.29) is 30.5 Å². The minimum atomic E-state index is -0.462. The number of benzene rings is 2. The summed E-state index contributed by atoms with van der Waals surface area (Å²) in [4.78, 5) is 42.6. The smallest absolute Gasteiger partial charge is 0.444 e. The molecule has 3 aliphatic heterocycles. The zero-order chi connectivity index (χ0) is 44.6. The fourth-order valence-corrected chi connectivity index (χ4v) is 7.52. The van der Waals surface area contributed by atoms with Gasteiger partial charge in [-0.15, -0.1) is 0 Å². The monoisotopic (exact) mass is 840 g/mol. The summed E-state index contributed by atoms with van der Waals surface area (Å²) in [6.07, 6.45) is 12.9. The van der Waals surface area contributed by atoms with Crippen molar-refractivity contribution in [1.29, 1.82) is 0 Å². The molecular weight excluding hydrogens is 779 g/mol. The first kappa shape index (κ1) is 44.4. The highest BCUT2D eigenvalue weighted by molar-refractivity contribution is 6.62. The maximum absolute atomic E-state index is 12.2. The molecule has 3 aliphatic rings. The molecule has 4 aromatic heterocycles. The third-order valence-electron chi connectivity index (χ3n) is 11.7. The van der Waals surface area contributed by atoms with E-state index in [1.54, 1.807) is 22.2 Å². The molecule has 9 rings (SSSR count). The number of H-pyrrole nitrogens is 2. The predicted octanol–water partition coefficient (Wildman–Crippen LogP) is 10.3. The first-order valence-corrected chi connectivity index (χ1v) is 21.5. The third-order valence-corrected chi connectivity index (χ3v) is 11.7. The van der Waals surface area contributed by atoms with Crippen molar-refractivity contribution >= 4 is 74.0 Å². The molecule has 2 amide bonds. The quantitative estimate of drug-likeness (QED) is 0.130. The van der Waals surface area contributed by atoms with E-state index in [9.17, 15) is 9.59 Å². The van der Waals surface area contributed by atoms with Crippen molar-refractivity contribution in [2.45, 2.75) is 111 Å². The number of aromatic amines is 2. The van der Waals surface area contributed by atoms with E-state index in [0.717, 1.165) is 57.7 Å². The van der Waals surface area contributed by atoms with E-state index >= 15 is 0 Å². The number of carbonyl (C=O) groups is 2. The molecule has 0 unspecified atom stereocenters. The van der Waals surface area contributed by atoms with Crippen LogP contribution in [0.2, 0.25) is 0 Å². The van der Waals surface area contributed by atoms with Gasteiger partial charge in [0.05, 0.1) is 11.2 Å². The molecule has 326 valence electrons. The molecule has 0 bridgehead atoms. The van der Waals surface area contributed by atoms with Gasteiger partial charge in [-0.2, -0.15) is 0 Å². The Morgan fingerprint density at radius 3 is 1.65 bits per heavy atom. The molecule has 6 aromatic rings. The summed E-state index contributed by atoms with van der Waals surface area (Å²) in [6, 6.07) is 16.8. The number of hydrogen-bond acceptors (Lipinski definition) is 8. The van der Waals surface area contributed by atoms with E-state index < -0.39 is 11.2 Å². The highest BCUT2D eigenvalue weighted by Crippen LogP contribution is 2.37. The second kappa shape index (κ2) is 17.2. The number of aromatic nitrogens is 4. The molecule has 0 aliphatic carbocycles. The van der Waals surface area contributed by atoms with Gasteiger partial charge in [-0.25, -0.2) is 9.59 Å². The average molecular weight is 841 g/mol. The SMILES string of the molecule is CC(C)(C)OC(=O)N1CC=C(c2ccc3c(c2)[nH]c2ccncc23)CC1.CC1(C)OB(c2ccc3c(c2)[nH]c2ccncc23)OC1(C)C.CC1=CCN(C(=O)OC(C)(C)C)CC1. The Morgan fingerprint density at radius 1 is 0.661 bits per heavy atom. The van der Waals surface area contributed by atoms with Crippen LogP contribution in [0.5, 0.6) is 0 Å². The number of amides is 2. The number of hydrogen-bond donors (Lipinski definition) is 2. The van der Waals surface area contributed by atoms with Crippen molar-refractivity contribution in [1.82, 2.24) is 29.7 Å². The van der Waals surface area contributed by atoms with Gasteiger partial charge >= 0.3 is 19.3 Å². The van der Waals surface area contributed by atoms with Crippen LogP contribution in [0.3, 0.4) is 0 Å². The molecule has 12 nitrogen and oxygen atoms in total. The summed E-state index contributed by atoms with van der Waals surface area (Å²) in [5, 5.41) is 4.63. The molecule has 13 heteroatoms. The van der Waals surface area contributed by atoms with Crippen molar-refractivity contribution in [3.05, 3.63) is 96.6 Å². The van der Waals surface area contributed by atoms with Crippen LogP contribution in [0.1, 0.15) is 94.6 Å². The van der Waals surface area contributed by atoms with Crippen LogP contribution in [-0.2, 0) is 18.8 Å². The highest BCUT2D eigenvalue weighted by atomic mass is 16.7. The number of nitrogens with one attached hydrogen (secondary N) is 2. The predicted molar refractivity (Wildman–Crippen MR) is 249 cm³/mol. The van der Waals surface area contributed by atoms with E-state index in [1.165, 1.54) is 27.5 Å². The average Bonchev–Trinajstić information content (AvgIpc) is 3.84. The Kier molecular flexibility index (Phi) is 12.4. The standard InChI is InChI=1S/C21H23N3O2.C17H19BN2O2.C11H19NO2/c1-21(2,3)26-20(25)24-10-7-14(8-11-24)15-4-5-16-17-13-22-9-6-18(17)23-19(16)12-15;1-16(2)17(3,4)22-18(21-16)11-5-6-12-13-10-19-8-7-14(13)20-15(12)9-11;1-9-5-7-12(8-6-9)10(13)14-11(2,3)4/h4-7,9,12-13,23H,8,10-11H2,1-3H3;5-10,20H,1-4H3;5H,6-8H2,1-4H3. The van der Waals surface area contributed by atoms with Crippen LogP contribution in [0.4, 0.5) is 9.59 Å². The van der Waals surface area contributed by atoms with Crippen molar-refractivity contribution in [3.63, 3.8) is 0 Å². The van der Waals surface area contributed by atoms with Crippen LogP contribution < -0.4 is 5.46 Å². The molecule has 0 saturated carbocycles. The minimum Gasteiger partial charge on any atom is -0.444 e. The maximum Gasteiger partial charge on any atom is 0.494 e. The first-order valence-electron chi connectivity index (χ1n) is 21.5. The number of carbonyl (C=O) groups excluding carboxylic acids is 2. The van der Waals surface area contributed by atoms with Crippen molar-refractivity contribution in [2.75, 3.05) is 26.2 Å². The topological polar surface area (TPSA) is 135 Å². The van der Waals surface area contributed by atoms with Gasteiger partial charge < -0.3 is 38.6 Å². The fourth-order valence-electron chi connectivity index (χ4n) is 7.52. The highest BCUT2D eigenvalue weighted by Gasteiger charge is 2.51. The molecule has 0 spiro atoms. The van der Waals surface area contributed by atoms with Gasteiger partial charge in [-0.05, 0) is 130 Å². The maximum atomic E-state index is 12.2. The van der Waals surface area contributed by atoms with Crippen molar-refractivity contribution in [2.24, 2.45) is 0 Å². The zero-order valence-electron chi connectivity index (χ0n) is 38.1. The van der Waals surface area contributed by atoms with E-state index in [0.29, 0.717) is 19.6 Å². The molecule has 1 saturated heterocycles. The minimum absolute atomic E-state index is 0.207. The summed E-state index contributed by atoms with van der Waals surface area (Å²) in [6.45, 7) is 24.4. The lowest BCUT2D eigenvalue weighted by Crippen LogP contribution is -2.41. The Hall–Kier alpha value is -5.66. The lowest BCUT2D eigenvalue weighted by Gasteiger charge is -2.32. The number of ether oxygens (including phenoxy) is 2. The van der Waals surface area contributed by atoms with Crippen molar-refractivity contribution < 1.29 is 28.4 Å². The van der Waals surface area contributed by atoms with E-state index in [4.69, 9.17) is 18.8 Å².